The molecule has 2 aromatic rings. The van der Waals surface area contributed by atoms with Crippen molar-refractivity contribution in [3.63, 3.8) is 0 Å². The molecular weight excluding hydrogens is 268 g/mol. The SMILES string of the molecule is O=C(O)C=CC(=O)Nc1ccc(Cc2ccncc2)cc1. The maximum absolute atomic E-state index is 11.4. The van der Waals surface area contributed by atoms with Gasteiger partial charge in [-0.3, -0.25) is 9.78 Å². The summed E-state index contributed by atoms with van der Waals surface area (Å²) in [5.41, 5.74) is 2.89. The Morgan fingerprint density at radius 1 is 1.00 bits per heavy atom. The molecule has 0 spiro atoms. The van der Waals surface area contributed by atoms with Crippen LogP contribution in [0.2, 0.25) is 0 Å². The number of anilines is 1. The summed E-state index contributed by atoms with van der Waals surface area (Å²) in [6, 6.07) is 11.3. The number of pyridine rings is 1. The summed E-state index contributed by atoms with van der Waals surface area (Å²) in [6.07, 6.45) is 6.06. The lowest BCUT2D eigenvalue weighted by atomic mass is 10.1. The third-order valence-electron chi connectivity index (χ3n) is 2.76. The van der Waals surface area contributed by atoms with Crippen LogP contribution in [-0.4, -0.2) is 22.0 Å². The number of nitrogens with zero attached hydrogens (tertiary/aromatic N) is 1. The molecular formula is C16H14N2O3. The predicted octanol–water partition coefficient (Wildman–Crippen LogP) is 2.25. The summed E-state index contributed by atoms with van der Waals surface area (Å²) >= 11 is 0. The molecule has 0 bridgehead atoms. The molecule has 0 saturated carbocycles. The minimum absolute atomic E-state index is 0.473. The van der Waals surface area contributed by atoms with Crippen molar-refractivity contribution in [3.8, 4) is 0 Å². The standard InChI is InChI=1S/C16H14N2O3/c19-15(5-6-16(20)21)18-14-3-1-12(2-4-14)11-13-7-9-17-10-8-13/h1-10H,11H2,(H,18,19)(H,20,21). The molecule has 0 radical (unpaired) electrons. The van der Waals surface area contributed by atoms with Crippen LogP contribution < -0.4 is 5.32 Å². The smallest absolute Gasteiger partial charge is 0.328 e. The van der Waals surface area contributed by atoms with Crippen LogP contribution in [0.4, 0.5) is 5.69 Å². The first-order valence-corrected chi connectivity index (χ1v) is 6.33. The summed E-state index contributed by atoms with van der Waals surface area (Å²) in [4.78, 5) is 25.7. The van der Waals surface area contributed by atoms with Gasteiger partial charge in [-0.1, -0.05) is 12.1 Å². The molecule has 0 fully saturated rings. The average molecular weight is 282 g/mol. The Morgan fingerprint density at radius 3 is 2.24 bits per heavy atom. The number of carbonyl (C=O) groups excluding carboxylic acids is 1. The van der Waals surface area contributed by atoms with Gasteiger partial charge in [0.25, 0.3) is 0 Å². The van der Waals surface area contributed by atoms with Crippen molar-refractivity contribution in [1.29, 1.82) is 0 Å². The zero-order chi connectivity index (χ0) is 15.1. The van der Waals surface area contributed by atoms with Gasteiger partial charge in [0, 0.05) is 30.2 Å². The summed E-state index contributed by atoms with van der Waals surface area (Å²) < 4.78 is 0. The quantitative estimate of drug-likeness (QED) is 0.824. The Morgan fingerprint density at radius 2 is 1.62 bits per heavy atom. The lowest BCUT2D eigenvalue weighted by Gasteiger charge is -2.05. The third-order valence-corrected chi connectivity index (χ3v) is 2.76. The summed E-state index contributed by atoms with van der Waals surface area (Å²) in [5, 5.41) is 11.0. The van der Waals surface area contributed by atoms with Gasteiger partial charge in [0.2, 0.25) is 5.91 Å². The minimum atomic E-state index is -1.15. The average Bonchev–Trinajstić information content (AvgIpc) is 2.48. The van der Waals surface area contributed by atoms with Crippen LogP contribution in [0.3, 0.4) is 0 Å². The number of hydrogen-bond acceptors (Lipinski definition) is 3. The highest BCUT2D eigenvalue weighted by molar-refractivity contribution is 6.02. The first-order valence-electron chi connectivity index (χ1n) is 6.33. The Bertz CT molecular complexity index is 649. The molecule has 21 heavy (non-hydrogen) atoms. The molecule has 106 valence electrons. The van der Waals surface area contributed by atoms with Crippen molar-refractivity contribution in [1.82, 2.24) is 4.98 Å². The molecule has 1 aromatic carbocycles. The fourth-order valence-electron chi connectivity index (χ4n) is 1.77. The van der Waals surface area contributed by atoms with E-state index in [9.17, 15) is 9.59 Å². The largest absolute Gasteiger partial charge is 0.478 e. The monoisotopic (exact) mass is 282 g/mol. The third kappa shape index (κ3) is 4.91. The van der Waals surface area contributed by atoms with Crippen LogP contribution >= 0.6 is 0 Å². The van der Waals surface area contributed by atoms with Crippen LogP contribution in [0.1, 0.15) is 11.1 Å². The van der Waals surface area contributed by atoms with Gasteiger partial charge in [-0.2, -0.15) is 0 Å². The summed E-state index contributed by atoms with van der Waals surface area (Å²) in [7, 11) is 0. The van der Waals surface area contributed by atoms with E-state index in [0.717, 1.165) is 29.7 Å². The van der Waals surface area contributed by atoms with E-state index in [-0.39, 0.29) is 0 Å². The van der Waals surface area contributed by atoms with Crippen molar-refractivity contribution >= 4 is 17.6 Å². The van der Waals surface area contributed by atoms with Crippen molar-refractivity contribution in [2.24, 2.45) is 0 Å². The van der Waals surface area contributed by atoms with Gasteiger partial charge in [-0.05, 0) is 41.8 Å². The van der Waals surface area contributed by atoms with E-state index in [0.29, 0.717) is 5.69 Å². The number of rotatable bonds is 5. The van der Waals surface area contributed by atoms with E-state index >= 15 is 0 Å². The van der Waals surface area contributed by atoms with Crippen LogP contribution in [0.25, 0.3) is 0 Å². The fourth-order valence-corrected chi connectivity index (χ4v) is 1.77. The number of amides is 1. The summed E-state index contributed by atoms with van der Waals surface area (Å²) in [6.45, 7) is 0. The first-order chi connectivity index (χ1) is 10.1. The second kappa shape index (κ2) is 7.00. The maximum atomic E-state index is 11.4. The molecule has 5 heteroatoms. The van der Waals surface area contributed by atoms with Gasteiger partial charge in [0.05, 0.1) is 0 Å². The van der Waals surface area contributed by atoms with Crippen molar-refractivity contribution < 1.29 is 14.7 Å². The Kier molecular flexibility index (Phi) is 4.82. The van der Waals surface area contributed by atoms with E-state index in [1.54, 1.807) is 24.5 Å². The molecule has 2 rings (SSSR count). The fraction of sp³-hybridized carbons (Fsp3) is 0.0625. The Labute approximate surface area is 122 Å². The summed E-state index contributed by atoms with van der Waals surface area (Å²) in [5.74, 6) is -1.63. The highest BCUT2D eigenvalue weighted by atomic mass is 16.4. The second-order valence-electron chi connectivity index (χ2n) is 4.39. The molecule has 5 nitrogen and oxygen atoms in total. The van der Waals surface area contributed by atoms with Crippen LogP contribution in [0.15, 0.2) is 60.9 Å². The molecule has 1 amide bonds. The number of aromatic nitrogens is 1. The predicted molar refractivity (Wildman–Crippen MR) is 78.9 cm³/mol. The van der Waals surface area contributed by atoms with E-state index < -0.39 is 11.9 Å². The first kappa shape index (κ1) is 14.5. The van der Waals surface area contributed by atoms with Crippen LogP contribution in [-0.2, 0) is 16.0 Å². The normalized spacial score (nSPS) is 10.5. The van der Waals surface area contributed by atoms with E-state index in [1.807, 2.05) is 24.3 Å². The van der Waals surface area contributed by atoms with Gasteiger partial charge in [-0.25, -0.2) is 4.79 Å². The van der Waals surface area contributed by atoms with Gasteiger partial charge in [-0.15, -0.1) is 0 Å². The van der Waals surface area contributed by atoms with Gasteiger partial charge < -0.3 is 10.4 Å². The zero-order valence-electron chi connectivity index (χ0n) is 11.2. The number of benzene rings is 1. The van der Waals surface area contributed by atoms with Gasteiger partial charge in [0.1, 0.15) is 0 Å². The Hall–Kier alpha value is -2.95. The van der Waals surface area contributed by atoms with Gasteiger partial charge >= 0.3 is 5.97 Å². The molecule has 0 aliphatic heterocycles. The highest BCUT2D eigenvalue weighted by Gasteiger charge is 2.00. The van der Waals surface area contributed by atoms with E-state index in [2.05, 4.69) is 10.3 Å². The molecule has 1 heterocycles. The molecule has 0 saturated heterocycles. The molecule has 2 N–H and O–H groups in total. The molecule has 1 aromatic heterocycles. The molecule has 0 atom stereocenters. The lowest BCUT2D eigenvalue weighted by Crippen LogP contribution is -2.08. The minimum Gasteiger partial charge on any atom is -0.478 e. The van der Waals surface area contributed by atoms with E-state index in [4.69, 9.17) is 5.11 Å². The number of carbonyl (C=O) groups is 2. The van der Waals surface area contributed by atoms with Crippen molar-refractivity contribution in [2.75, 3.05) is 5.32 Å². The number of hydrogen-bond donors (Lipinski definition) is 2. The van der Waals surface area contributed by atoms with Crippen LogP contribution in [0, 0.1) is 0 Å². The molecule has 0 aliphatic rings. The highest BCUT2D eigenvalue weighted by Crippen LogP contribution is 2.13. The molecule has 0 aliphatic carbocycles. The number of carboxylic acid groups (broad SMARTS) is 1. The second-order valence-corrected chi connectivity index (χ2v) is 4.39. The molecule has 0 unspecified atom stereocenters. The van der Waals surface area contributed by atoms with Crippen LogP contribution in [0.5, 0.6) is 0 Å². The van der Waals surface area contributed by atoms with Crippen molar-refractivity contribution in [2.45, 2.75) is 6.42 Å². The number of nitrogens with one attached hydrogen (secondary N) is 1. The zero-order valence-corrected chi connectivity index (χ0v) is 11.2. The van der Waals surface area contributed by atoms with E-state index in [1.165, 1.54) is 0 Å². The van der Waals surface area contributed by atoms with Crippen molar-refractivity contribution in [3.05, 3.63) is 72.1 Å². The maximum Gasteiger partial charge on any atom is 0.328 e. The van der Waals surface area contributed by atoms with Gasteiger partial charge in [0.15, 0.2) is 0 Å². The topological polar surface area (TPSA) is 79.3 Å². The number of carboxylic acids is 1. The lowest BCUT2D eigenvalue weighted by molar-refractivity contribution is -0.131. The Balaban J connectivity index is 1.96. The number of aliphatic carboxylic acids is 1.